The summed E-state index contributed by atoms with van der Waals surface area (Å²) in [6, 6.07) is 0. The van der Waals surface area contributed by atoms with Crippen LogP contribution in [0.15, 0.2) is 106 Å². The Kier molecular flexibility index (Phi) is 25.8. The van der Waals surface area contributed by atoms with Gasteiger partial charge in [-0.25, -0.2) is 4.79 Å². The largest absolute Gasteiger partial charge is 0.497 e. The first-order valence-electron chi connectivity index (χ1n) is 16.7. The minimum atomic E-state index is -0.532. The third-order valence-corrected chi connectivity index (χ3v) is 8.14. The van der Waals surface area contributed by atoms with Gasteiger partial charge in [-0.05, 0) is 115 Å². The maximum Gasteiger partial charge on any atom is 0.344 e. The van der Waals surface area contributed by atoms with Crippen molar-refractivity contribution >= 4 is 23.3 Å². The second kappa shape index (κ2) is 26.6. The topological polar surface area (TPSA) is 71.1 Å². The number of hydrogen-bond acceptors (Lipinski definition) is 6. The lowest BCUT2D eigenvalue weighted by molar-refractivity contribution is -0.158. The quantitative estimate of drug-likeness (QED) is 0.0638. The van der Waals surface area contributed by atoms with E-state index in [1.165, 1.54) is 21.1 Å². The van der Waals surface area contributed by atoms with Gasteiger partial charge < -0.3 is 18.9 Å². The van der Waals surface area contributed by atoms with Crippen LogP contribution in [0.25, 0.3) is 0 Å². The summed E-state index contributed by atoms with van der Waals surface area (Å²) in [5.41, 5.74) is -0.808. The Labute approximate surface area is 290 Å². The molecule has 0 heterocycles. The van der Waals surface area contributed by atoms with Gasteiger partial charge in [0.15, 0.2) is 21.3 Å². The van der Waals surface area contributed by atoms with Gasteiger partial charge >= 0.3 is 5.97 Å². The van der Waals surface area contributed by atoms with Crippen molar-refractivity contribution in [1.82, 2.24) is 0 Å². The molecule has 0 aromatic rings. The third-order valence-electron chi connectivity index (χ3n) is 5.82. The van der Waals surface area contributed by atoms with Crippen molar-refractivity contribution in [2.24, 2.45) is 0 Å². The van der Waals surface area contributed by atoms with Crippen molar-refractivity contribution in [3.05, 3.63) is 106 Å². The number of rotatable bonds is 13. The molecule has 0 aromatic carbocycles. The average molecular weight is 672 g/mol. The van der Waals surface area contributed by atoms with Gasteiger partial charge in [-0.3, -0.25) is 4.79 Å². The lowest BCUT2D eigenvalue weighted by Gasteiger charge is -2.19. The highest BCUT2D eigenvalue weighted by Crippen LogP contribution is 2.34. The van der Waals surface area contributed by atoms with E-state index in [0.29, 0.717) is 24.4 Å². The zero-order valence-electron chi connectivity index (χ0n) is 31.3. The number of hydrogen-bond donors (Lipinski definition) is 0. The summed E-state index contributed by atoms with van der Waals surface area (Å²) >= 11 is 0. The van der Waals surface area contributed by atoms with Gasteiger partial charge in [0.05, 0.1) is 18.0 Å². The van der Waals surface area contributed by atoms with Crippen LogP contribution in [-0.2, 0) is 39.4 Å². The van der Waals surface area contributed by atoms with E-state index >= 15 is 0 Å². The van der Waals surface area contributed by atoms with Crippen LogP contribution in [0.1, 0.15) is 108 Å². The summed E-state index contributed by atoms with van der Waals surface area (Å²) in [6.45, 7) is 25.9. The highest BCUT2D eigenvalue weighted by atomic mass is 32.2. The van der Waals surface area contributed by atoms with Gasteiger partial charge in [-0.1, -0.05) is 72.8 Å². The zero-order chi connectivity index (χ0) is 36.3. The van der Waals surface area contributed by atoms with Crippen molar-refractivity contribution in [3.8, 4) is 0 Å². The molecule has 6 nitrogen and oxygen atoms in total. The van der Waals surface area contributed by atoms with Crippen molar-refractivity contribution in [1.29, 1.82) is 0 Å². The Hall–Kier alpha value is -3.45. The molecule has 1 atom stereocenters. The Morgan fingerprint density at radius 3 is 2.06 bits per heavy atom. The first kappa shape index (κ1) is 45.7. The van der Waals surface area contributed by atoms with Crippen LogP contribution in [0.5, 0.6) is 0 Å². The van der Waals surface area contributed by atoms with Crippen molar-refractivity contribution < 1.29 is 28.5 Å². The number of carbonyl (C=O) groups excluding carboxylic acids is 2. The van der Waals surface area contributed by atoms with Crippen molar-refractivity contribution in [3.63, 3.8) is 0 Å². The minimum Gasteiger partial charge on any atom is -0.497 e. The fourth-order valence-corrected chi connectivity index (χ4v) is 5.66. The summed E-state index contributed by atoms with van der Waals surface area (Å²) in [5.74, 6) is 0.899. The molecule has 0 radical (unpaired) electrons. The first-order valence-corrected chi connectivity index (χ1v) is 17.9. The SMILES string of the molecule is C=C(/C=C\C(=C/CC)[S+](C1=CCC=CC=C1)C1=CCC=C(OCC(=O)OC(C)(C)C)C=C1)OC.CC.CCC.CCC(C)(C)OC=O. The number of ether oxygens (including phenoxy) is 4. The molecular formula is C40H63O6S+. The van der Waals surface area contributed by atoms with Crippen LogP contribution in [-0.4, -0.2) is 37.4 Å². The van der Waals surface area contributed by atoms with E-state index in [4.69, 9.17) is 18.9 Å². The molecular weight excluding hydrogens is 609 g/mol. The van der Waals surface area contributed by atoms with Gasteiger partial charge in [0, 0.05) is 0 Å². The number of carbonyl (C=O) groups is 2. The Morgan fingerprint density at radius 2 is 1.53 bits per heavy atom. The standard InChI is InChI=1S/C29H37O4S.C6H12O2.C3H8.C2H6/c1-7-13-25(20-18-23(2)31-6)34(26-15-10-8-9-11-16-26)27-17-12-14-24(19-21-27)32-22-28(30)33-29(3,4)5;1-4-6(2,3)8-5-7;1-3-2;1-2/h8-10,13-21H,2,7,11-12,22H2,1,3-6H3;5H,4H2,1-3H3;3H2,1-2H3;1-2H3/q+1;;;/b20-18-,25-13+;;;. The molecule has 264 valence electrons. The van der Waals surface area contributed by atoms with Gasteiger partial charge in [-0.2, -0.15) is 0 Å². The smallest absolute Gasteiger partial charge is 0.344 e. The van der Waals surface area contributed by atoms with Crippen LogP contribution in [0.4, 0.5) is 0 Å². The van der Waals surface area contributed by atoms with E-state index in [1.54, 1.807) is 7.11 Å². The summed E-state index contributed by atoms with van der Waals surface area (Å²) in [5, 5.41) is 0. The number of allylic oxidation sites excluding steroid dienone is 12. The third kappa shape index (κ3) is 22.7. The highest BCUT2D eigenvalue weighted by molar-refractivity contribution is 8.08. The highest BCUT2D eigenvalue weighted by Gasteiger charge is 2.32. The van der Waals surface area contributed by atoms with Gasteiger partial charge in [0.1, 0.15) is 22.7 Å². The maximum atomic E-state index is 12.0. The van der Waals surface area contributed by atoms with E-state index < -0.39 is 5.60 Å². The molecule has 0 aromatic heterocycles. The van der Waals surface area contributed by atoms with Crippen LogP contribution in [0.2, 0.25) is 0 Å². The van der Waals surface area contributed by atoms with Crippen LogP contribution in [0, 0.1) is 0 Å². The second-order valence-electron chi connectivity index (χ2n) is 11.6. The fourth-order valence-electron chi connectivity index (χ4n) is 3.36. The molecule has 0 saturated heterocycles. The second-order valence-corrected chi connectivity index (χ2v) is 13.7. The Balaban J connectivity index is 0. The molecule has 0 fully saturated rings. The number of methoxy groups -OCH3 is 1. The van der Waals surface area contributed by atoms with Gasteiger partial charge in [-0.15, -0.1) is 0 Å². The van der Waals surface area contributed by atoms with Crippen molar-refractivity contribution in [2.45, 2.75) is 119 Å². The minimum absolute atomic E-state index is 0.114. The summed E-state index contributed by atoms with van der Waals surface area (Å²) < 4.78 is 21.0. The van der Waals surface area contributed by atoms with Crippen LogP contribution < -0.4 is 0 Å². The number of esters is 1. The molecule has 2 aliphatic rings. The summed E-state index contributed by atoms with van der Waals surface area (Å²) in [4.78, 5) is 25.5. The van der Waals surface area contributed by atoms with E-state index in [-0.39, 0.29) is 29.1 Å². The van der Waals surface area contributed by atoms with E-state index in [0.717, 1.165) is 19.3 Å². The normalized spacial score (nSPS) is 14.9. The molecule has 0 amide bonds. The molecule has 0 aliphatic heterocycles. The molecule has 0 N–H and O–H groups in total. The molecule has 47 heavy (non-hydrogen) atoms. The molecule has 1 unspecified atom stereocenters. The fraction of sp³-hybridized carbons (Fsp3) is 0.500. The average Bonchev–Trinajstić information content (AvgIpc) is 3.43. The lowest BCUT2D eigenvalue weighted by atomic mass is 10.1. The van der Waals surface area contributed by atoms with Gasteiger partial charge in [0.25, 0.3) is 6.47 Å². The van der Waals surface area contributed by atoms with Crippen LogP contribution in [0.3, 0.4) is 0 Å². The Morgan fingerprint density at radius 1 is 0.915 bits per heavy atom. The van der Waals surface area contributed by atoms with E-state index in [9.17, 15) is 9.59 Å². The predicted octanol–water partition coefficient (Wildman–Crippen LogP) is 10.9. The first-order chi connectivity index (χ1) is 22.3. The monoisotopic (exact) mass is 671 g/mol. The molecule has 0 saturated carbocycles. The molecule has 2 aliphatic carbocycles. The molecule has 7 heteroatoms. The maximum absolute atomic E-state index is 12.0. The lowest BCUT2D eigenvalue weighted by Crippen LogP contribution is -2.26. The van der Waals surface area contributed by atoms with Gasteiger partial charge in [0.2, 0.25) is 0 Å². The zero-order valence-corrected chi connectivity index (χ0v) is 32.1. The molecule has 2 rings (SSSR count). The molecule has 0 bridgehead atoms. The summed E-state index contributed by atoms with van der Waals surface area (Å²) in [6.07, 6.45) is 29.9. The van der Waals surface area contributed by atoms with E-state index in [1.807, 2.05) is 73.6 Å². The predicted molar refractivity (Wildman–Crippen MR) is 203 cm³/mol. The summed E-state index contributed by atoms with van der Waals surface area (Å²) in [7, 11) is 1.31. The van der Waals surface area contributed by atoms with Crippen LogP contribution >= 0.6 is 0 Å². The molecule has 0 spiro atoms. The Bertz CT molecular complexity index is 1170. The van der Waals surface area contributed by atoms with Crippen molar-refractivity contribution in [2.75, 3.05) is 13.7 Å². The van der Waals surface area contributed by atoms with E-state index in [2.05, 4.69) is 82.0 Å².